The molecule has 0 aliphatic heterocycles. The first-order valence-corrected chi connectivity index (χ1v) is 11.4. The molecule has 0 aliphatic rings. The Morgan fingerprint density at radius 1 is 1.19 bits per heavy atom. The Morgan fingerprint density at radius 2 is 2.00 bits per heavy atom. The van der Waals surface area contributed by atoms with E-state index in [1.54, 1.807) is 22.2 Å². The van der Waals surface area contributed by atoms with Gasteiger partial charge in [-0.2, -0.15) is 18.3 Å². The number of halogens is 3. The van der Waals surface area contributed by atoms with Crippen molar-refractivity contribution in [3.63, 3.8) is 0 Å². The van der Waals surface area contributed by atoms with Crippen molar-refractivity contribution in [2.45, 2.75) is 44.0 Å². The molecule has 162 valence electrons. The van der Waals surface area contributed by atoms with E-state index < -0.39 is 11.7 Å². The van der Waals surface area contributed by atoms with Crippen molar-refractivity contribution in [3.05, 3.63) is 73.8 Å². The maximum atomic E-state index is 13.4. The van der Waals surface area contributed by atoms with Crippen LogP contribution in [0.15, 0.2) is 51.7 Å². The summed E-state index contributed by atoms with van der Waals surface area (Å²) in [5.74, 6) is 0.257. The molecule has 5 nitrogen and oxygen atoms in total. The van der Waals surface area contributed by atoms with E-state index in [0.29, 0.717) is 40.5 Å². The lowest BCUT2D eigenvalue weighted by atomic mass is 10.1. The third kappa shape index (κ3) is 4.40. The molecular formula is C21H19F3N4OS2. The van der Waals surface area contributed by atoms with Crippen LogP contribution < -0.4 is 5.56 Å². The number of thiophene rings is 1. The molecule has 0 saturated carbocycles. The van der Waals surface area contributed by atoms with Crippen LogP contribution in [-0.4, -0.2) is 19.3 Å². The highest BCUT2D eigenvalue weighted by molar-refractivity contribution is 7.98. The molecule has 31 heavy (non-hydrogen) atoms. The molecule has 0 N–H and O–H groups in total. The number of hydrogen-bond acceptors (Lipinski definition) is 5. The van der Waals surface area contributed by atoms with Crippen molar-refractivity contribution in [1.29, 1.82) is 0 Å². The van der Waals surface area contributed by atoms with Gasteiger partial charge in [-0.15, -0.1) is 11.3 Å². The predicted molar refractivity (Wildman–Crippen MR) is 117 cm³/mol. The molecule has 4 rings (SSSR count). The van der Waals surface area contributed by atoms with Crippen LogP contribution in [-0.2, 0) is 25.0 Å². The Hall–Kier alpha value is -2.59. The minimum absolute atomic E-state index is 0.201. The first kappa shape index (κ1) is 21.6. The van der Waals surface area contributed by atoms with E-state index in [1.807, 2.05) is 24.4 Å². The van der Waals surface area contributed by atoms with Crippen molar-refractivity contribution in [2.24, 2.45) is 0 Å². The zero-order valence-electron chi connectivity index (χ0n) is 16.8. The van der Waals surface area contributed by atoms with Gasteiger partial charge >= 0.3 is 6.18 Å². The molecule has 0 unspecified atom stereocenters. The average Bonchev–Trinajstić information content (AvgIpc) is 3.36. The van der Waals surface area contributed by atoms with Crippen LogP contribution in [0, 0.1) is 6.92 Å². The third-order valence-corrected chi connectivity index (χ3v) is 6.71. The molecule has 0 bridgehead atoms. The standard InChI is InChI=1S/C21H19F3N4OS2/c1-3-28-18-17(13(2)26-28)25-20(27(19(18)29)11-16-8-5-9-30-16)31-12-14-6-4-7-15(10-14)21(22,23)24/h4-10H,3,11-12H2,1-2H3. The van der Waals surface area contributed by atoms with Gasteiger partial charge in [-0.05, 0) is 36.9 Å². The van der Waals surface area contributed by atoms with E-state index in [0.717, 1.165) is 17.0 Å². The van der Waals surface area contributed by atoms with Gasteiger partial charge in [0.25, 0.3) is 5.56 Å². The van der Waals surface area contributed by atoms with Crippen LogP contribution in [0.1, 0.15) is 28.6 Å². The zero-order chi connectivity index (χ0) is 22.2. The summed E-state index contributed by atoms with van der Waals surface area (Å²) in [5, 5.41) is 6.81. The van der Waals surface area contributed by atoms with Crippen molar-refractivity contribution >= 4 is 34.1 Å². The number of rotatable bonds is 6. The summed E-state index contributed by atoms with van der Waals surface area (Å²) in [6, 6.07) is 9.06. The van der Waals surface area contributed by atoms with E-state index in [9.17, 15) is 18.0 Å². The molecule has 0 spiro atoms. The second-order valence-electron chi connectivity index (χ2n) is 6.95. The topological polar surface area (TPSA) is 52.7 Å². The molecule has 0 fully saturated rings. The van der Waals surface area contributed by atoms with Crippen LogP contribution in [0.25, 0.3) is 11.0 Å². The largest absolute Gasteiger partial charge is 0.416 e. The van der Waals surface area contributed by atoms with Gasteiger partial charge in [0.1, 0.15) is 5.52 Å². The van der Waals surface area contributed by atoms with Gasteiger partial charge in [-0.25, -0.2) is 4.98 Å². The molecule has 0 atom stereocenters. The SMILES string of the molecule is CCn1nc(C)c2nc(SCc3cccc(C(F)(F)F)c3)n(Cc3cccs3)c(=O)c21. The number of aryl methyl sites for hydroxylation is 2. The number of benzene rings is 1. The number of fused-ring (bicyclic) bond motifs is 1. The second kappa shape index (κ2) is 8.51. The monoisotopic (exact) mass is 464 g/mol. The van der Waals surface area contributed by atoms with E-state index in [2.05, 4.69) is 5.10 Å². The van der Waals surface area contributed by atoms with Crippen LogP contribution in [0.3, 0.4) is 0 Å². The Kier molecular flexibility index (Phi) is 5.94. The lowest BCUT2D eigenvalue weighted by molar-refractivity contribution is -0.137. The van der Waals surface area contributed by atoms with Crippen LogP contribution >= 0.6 is 23.1 Å². The Balaban J connectivity index is 1.75. The highest BCUT2D eigenvalue weighted by Crippen LogP contribution is 2.31. The first-order valence-electron chi connectivity index (χ1n) is 9.57. The first-order chi connectivity index (χ1) is 14.8. The van der Waals surface area contributed by atoms with Gasteiger partial charge in [-0.3, -0.25) is 14.0 Å². The van der Waals surface area contributed by atoms with Crippen molar-refractivity contribution in [3.8, 4) is 0 Å². The van der Waals surface area contributed by atoms with Crippen molar-refractivity contribution in [1.82, 2.24) is 19.3 Å². The highest BCUT2D eigenvalue weighted by atomic mass is 32.2. The van der Waals surface area contributed by atoms with Gasteiger partial charge in [0.05, 0.1) is 17.8 Å². The molecule has 4 aromatic rings. The maximum absolute atomic E-state index is 13.4. The van der Waals surface area contributed by atoms with Crippen molar-refractivity contribution in [2.75, 3.05) is 0 Å². The molecule has 3 aromatic heterocycles. The highest BCUT2D eigenvalue weighted by Gasteiger charge is 2.30. The van der Waals surface area contributed by atoms with Crippen molar-refractivity contribution < 1.29 is 13.2 Å². The summed E-state index contributed by atoms with van der Waals surface area (Å²) in [6.07, 6.45) is -4.40. The molecule has 0 aliphatic carbocycles. The lowest BCUT2D eigenvalue weighted by Crippen LogP contribution is -2.25. The third-order valence-electron chi connectivity index (χ3n) is 4.80. The second-order valence-corrected chi connectivity index (χ2v) is 8.92. The Bertz CT molecular complexity index is 1280. The number of thioether (sulfide) groups is 1. The van der Waals surface area contributed by atoms with E-state index in [1.165, 1.54) is 29.2 Å². The summed E-state index contributed by atoms with van der Waals surface area (Å²) in [6.45, 7) is 4.59. The Labute approximate surface area is 184 Å². The van der Waals surface area contributed by atoms with E-state index in [-0.39, 0.29) is 11.3 Å². The summed E-state index contributed by atoms with van der Waals surface area (Å²) in [7, 11) is 0. The number of aromatic nitrogens is 4. The zero-order valence-corrected chi connectivity index (χ0v) is 18.4. The quantitative estimate of drug-likeness (QED) is 0.285. The molecule has 10 heteroatoms. The van der Waals surface area contributed by atoms with Crippen LogP contribution in [0.2, 0.25) is 0 Å². The molecule has 0 saturated heterocycles. The minimum Gasteiger partial charge on any atom is -0.280 e. The van der Waals surface area contributed by atoms with Crippen LogP contribution in [0.4, 0.5) is 13.2 Å². The lowest BCUT2D eigenvalue weighted by Gasteiger charge is -2.13. The van der Waals surface area contributed by atoms with Gasteiger partial charge < -0.3 is 0 Å². The van der Waals surface area contributed by atoms with E-state index in [4.69, 9.17) is 4.98 Å². The summed E-state index contributed by atoms with van der Waals surface area (Å²) >= 11 is 2.78. The molecular weight excluding hydrogens is 445 g/mol. The summed E-state index contributed by atoms with van der Waals surface area (Å²) < 4.78 is 42.4. The molecule has 1 aromatic carbocycles. The number of nitrogens with zero attached hydrogens (tertiary/aromatic N) is 4. The average molecular weight is 465 g/mol. The van der Waals surface area contributed by atoms with E-state index >= 15 is 0 Å². The smallest absolute Gasteiger partial charge is 0.280 e. The van der Waals surface area contributed by atoms with Gasteiger partial charge in [-0.1, -0.05) is 36.0 Å². The maximum Gasteiger partial charge on any atom is 0.416 e. The predicted octanol–water partition coefficient (Wildman–Crippen LogP) is 5.34. The fourth-order valence-corrected chi connectivity index (χ4v) is 4.94. The van der Waals surface area contributed by atoms with Gasteiger partial charge in [0, 0.05) is 17.2 Å². The van der Waals surface area contributed by atoms with Gasteiger partial charge in [0.2, 0.25) is 0 Å². The summed E-state index contributed by atoms with van der Waals surface area (Å²) in [5.41, 5.74) is 1.24. The molecule has 0 amide bonds. The fourth-order valence-electron chi connectivity index (χ4n) is 3.31. The fraction of sp³-hybridized carbons (Fsp3) is 0.286. The molecule has 3 heterocycles. The number of alkyl halides is 3. The Morgan fingerprint density at radius 3 is 2.68 bits per heavy atom. The minimum atomic E-state index is -4.40. The number of hydrogen-bond donors (Lipinski definition) is 0. The van der Waals surface area contributed by atoms with Gasteiger partial charge in [0.15, 0.2) is 10.7 Å². The van der Waals surface area contributed by atoms with Crippen LogP contribution in [0.5, 0.6) is 0 Å². The molecule has 0 radical (unpaired) electrons. The summed E-state index contributed by atoms with van der Waals surface area (Å²) in [4.78, 5) is 19.1. The normalized spacial score (nSPS) is 12.0.